The van der Waals surface area contributed by atoms with Crippen LogP contribution in [0.4, 0.5) is 4.79 Å². The fraction of sp³-hybridized carbons (Fsp3) is 0.625. The van der Waals surface area contributed by atoms with Crippen LogP contribution in [0.25, 0.3) is 0 Å². The van der Waals surface area contributed by atoms with Crippen LogP contribution in [-0.2, 0) is 38.2 Å². The number of ether oxygens (including phenoxy) is 4. The van der Waals surface area contributed by atoms with Crippen molar-refractivity contribution in [1.82, 2.24) is 19.6 Å². The number of aliphatic hydroxyl groups excluding tert-OH is 1. The largest absolute Gasteiger partial charge is 0.447 e. The molecule has 0 saturated carbocycles. The zero-order chi connectivity index (χ0) is 35.6. The molecule has 49 heavy (non-hydrogen) atoms. The first-order valence-electron chi connectivity index (χ1n) is 16.5. The van der Waals surface area contributed by atoms with Crippen LogP contribution in [0.15, 0.2) is 52.2 Å². The maximum absolute atomic E-state index is 12.7. The molecule has 17 heteroatoms. The number of benzene rings is 1. The Morgan fingerprint density at radius 2 is 1.69 bits per heavy atom. The number of hydrogen-bond acceptors (Lipinski definition) is 12. The molecule has 3 heterocycles. The third kappa shape index (κ3) is 11.2. The molecule has 272 valence electrons. The number of fused-ring (bicyclic) bond motifs is 1. The van der Waals surface area contributed by atoms with E-state index < -0.39 is 83.3 Å². The first kappa shape index (κ1) is 38.2. The van der Waals surface area contributed by atoms with Gasteiger partial charge in [0.2, 0.25) is 5.91 Å². The highest BCUT2D eigenvalue weighted by Gasteiger charge is 2.56. The van der Waals surface area contributed by atoms with E-state index in [0.29, 0.717) is 12.0 Å². The number of rotatable bonds is 18. The van der Waals surface area contributed by atoms with E-state index in [-0.39, 0.29) is 12.3 Å². The summed E-state index contributed by atoms with van der Waals surface area (Å²) in [7, 11) is -4.76. The molecule has 2 aliphatic rings. The van der Waals surface area contributed by atoms with Gasteiger partial charge in [-0.3, -0.25) is 23.3 Å². The number of carbonyl (C=O) groups excluding carboxylic acids is 2. The topological polar surface area (TPSA) is 214 Å². The average molecular weight is 711 g/mol. The number of nitrogens with zero attached hydrogens (tertiary/aromatic N) is 1. The van der Waals surface area contributed by atoms with Crippen molar-refractivity contribution in [3.05, 3.63) is 69.0 Å². The van der Waals surface area contributed by atoms with Crippen molar-refractivity contribution in [1.29, 1.82) is 0 Å². The number of nitrogens with one attached hydrogen (secondary N) is 3. The lowest BCUT2D eigenvalue weighted by Gasteiger charge is -2.25. The molecule has 2 aliphatic heterocycles. The average Bonchev–Trinajstić information content (AvgIpc) is 3.54. The molecule has 16 nitrogen and oxygen atoms in total. The van der Waals surface area contributed by atoms with Gasteiger partial charge in [0.25, 0.3) is 5.56 Å². The third-order valence-corrected chi connectivity index (χ3v) is 8.98. The van der Waals surface area contributed by atoms with Gasteiger partial charge in [-0.2, -0.15) is 13.1 Å². The van der Waals surface area contributed by atoms with E-state index in [1.807, 2.05) is 0 Å². The second-order valence-electron chi connectivity index (χ2n) is 12.5. The Balaban J connectivity index is 1.31. The van der Waals surface area contributed by atoms with Gasteiger partial charge in [-0.1, -0.05) is 75.8 Å². The normalized spacial score (nSPS) is 22.6. The summed E-state index contributed by atoms with van der Waals surface area (Å²) in [6.45, 7) is 4.22. The highest BCUT2D eigenvalue weighted by molar-refractivity contribution is 7.85. The number of carbonyl (C=O) groups is 2. The molecule has 0 radical (unpaired) electrons. The van der Waals surface area contributed by atoms with E-state index in [4.69, 9.17) is 23.1 Å². The smallest absolute Gasteiger partial charge is 0.422 e. The van der Waals surface area contributed by atoms with Crippen LogP contribution in [0.5, 0.6) is 0 Å². The summed E-state index contributed by atoms with van der Waals surface area (Å²) in [5, 5.41) is 13.7. The van der Waals surface area contributed by atoms with Crippen molar-refractivity contribution < 1.29 is 46.2 Å². The predicted molar refractivity (Wildman–Crippen MR) is 174 cm³/mol. The van der Waals surface area contributed by atoms with E-state index in [0.717, 1.165) is 42.7 Å². The zero-order valence-electron chi connectivity index (χ0n) is 27.9. The van der Waals surface area contributed by atoms with Crippen LogP contribution in [0.3, 0.4) is 0 Å². The standard InChI is InChI=1S/C32H46N4O12S/c1-4-5-6-7-8-9-13-16-24(37)33-22(26(39)21-14-11-10-12-15-21)19-44-31(41)35-49(42,43)45-20-23-27-28(48-32(2,3)47-27)29(46-23)36-18-17-25(38)34-30(36)40/h10-12,14-15,17-18,22-23,26-29,39H,4-9,13,16,19-20H2,1-3H3,(H,33,37)(H,35,41)(H,34,38,40)/t22?,23-,26?,27-,28-,29-/m1/s1. The summed E-state index contributed by atoms with van der Waals surface area (Å²) in [6, 6.07) is 8.50. The zero-order valence-corrected chi connectivity index (χ0v) is 28.7. The van der Waals surface area contributed by atoms with Crippen molar-refractivity contribution in [3.63, 3.8) is 0 Å². The van der Waals surface area contributed by atoms with Gasteiger partial charge in [0, 0.05) is 18.7 Å². The molecule has 4 N–H and O–H groups in total. The van der Waals surface area contributed by atoms with Gasteiger partial charge < -0.3 is 29.4 Å². The summed E-state index contributed by atoms with van der Waals surface area (Å²) < 4.78 is 55.8. The van der Waals surface area contributed by atoms with E-state index in [1.54, 1.807) is 48.9 Å². The van der Waals surface area contributed by atoms with E-state index >= 15 is 0 Å². The fourth-order valence-corrected chi connectivity index (χ4v) is 6.38. The molecule has 2 amide bonds. The van der Waals surface area contributed by atoms with Gasteiger partial charge in [-0.05, 0) is 25.8 Å². The minimum Gasteiger partial charge on any atom is -0.447 e. The summed E-state index contributed by atoms with van der Waals surface area (Å²) >= 11 is 0. The first-order chi connectivity index (χ1) is 23.3. The molecule has 4 rings (SSSR count). The molecule has 0 spiro atoms. The Kier molecular flexibility index (Phi) is 13.5. The van der Waals surface area contributed by atoms with E-state index in [9.17, 15) is 32.7 Å². The molecule has 2 aromatic rings. The lowest BCUT2D eigenvalue weighted by atomic mass is 10.0. The minimum atomic E-state index is -4.76. The number of H-pyrrole nitrogens is 1. The molecule has 2 unspecified atom stereocenters. The monoisotopic (exact) mass is 710 g/mol. The Bertz CT molecular complexity index is 1610. The van der Waals surface area contributed by atoms with Crippen molar-refractivity contribution in [2.24, 2.45) is 0 Å². The second-order valence-corrected chi connectivity index (χ2v) is 13.8. The summed E-state index contributed by atoms with van der Waals surface area (Å²) in [5.74, 6) is -1.44. The van der Waals surface area contributed by atoms with Crippen LogP contribution in [0.1, 0.15) is 90.0 Å². The quantitative estimate of drug-likeness (QED) is 0.164. The van der Waals surface area contributed by atoms with Crippen molar-refractivity contribution >= 4 is 22.3 Å². The molecule has 0 bridgehead atoms. The van der Waals surface area contributed by atoms with Crippen LogP contribution < -0.4 is 21.3 Å². The van der Waals surface area contributed by atoms with Crippen LogP contribution in [-0.4, -0.2) is 78.4 Å². The number of unbranched alkanes of at least 4 members (excludes halogenated alkanes) is 6. The molecule has 2 fully saturated rings. The summed E-state index contributed by atoms with van der Waals surface area (Å²) in [5.41, 5.74) is -0.925. The van der Waals surface area contributed by atoms with E-state index in [2.05, 4.69) is 17.2 Å². The molecular formula is C32H46N4O12S. The van der Waals surface area contributed by atoms with Gasteiger partial charge in [0.15, 0.2) is 12.0 Å². The lowest BCUT2D eigenvalue weighted by molar-refractivity contribution is -0.199. The van der Waals surface area contributed by atoms with Gasteiger partial charge in [0.1, 0.15) is 31.0 Å². The summed E-state index contributed by atoms with van der Waals surface area (Å²) in [4.78, 5) is 51.4. The van der Waals surface area contributed by atoms with Crippen molar-refractivity contribution in [3.8, 4) is 0 Å². The van der Waals surface area contributed by atoms with Gasteiger partial charge >= 0.3 is 22.1 Å². The van der Waals surface area contributed by atoms with Crippen LogP contribution in [0, 0.1) is 0 Å². The number of aromatic nitrogens is 2. The van der Waals surface area contributed by atoms with Gasteiger partial charge in [0.05, 0.1) is 12.6 Å². The Hall–Kier alpha value is -3.61. The van der Waals surface area contributed by atoms with Gasteiger partial charge in [-0.25, -0.2) is 9.59 Å². The van der Waals surface area contributed by atoms with Crippen LogP contribution in [0.2, 0.25) is 0 Å². The van der Waals surface area contributed by atoms with Crippen molar-refractivity contribution in [2.75, 3.05) is 13.2 Å². The molecule has 1 aromatic heterocycles. The summed E-state index contributed by atoms with van der Waals surface area (Å²) in [6.07, 6.45) is 2.05. The fourth-order valence-electron chi connectivity index (χ4n) is 5.74. The maximum atomic E-state index is 12.7. The molecule has 2 saturated heterocycles. The highest BCUT2D eigenvalue weighted by atomic mass is 32.2. The molecule has 1 aromatic carbocycles. The van der Waals surface area contributed by atoms with Crippen molar-refractivity contribution in [2.45, 2.75) is 115 Å². The van der Waals surface area contributed by atoms with Crippen LogP contribution >= 0.6 is 0 Å². The maximum Gasteiger partial charge on any atom is 0.422 e. The number of amides is 2. The Labute approximate surface area is 284 Å². The third-order valence-electron chi connectivity index (χ3n) is 8.12. The highest BCUT2D eigenvalue weighted by Crippen LogP contribution is 2.42. The number of aliphatic hydroxyl groups is 1. The van der Waals surface area contributed by atoms with E-state index in [1.165, 1.54) is 12.6 Å². The minimum absolute atomic E-state index is 0.217. The SMILES string of the molecule is CCCCCCCCCC(=O)NC(COC(=O)NS(=O)(=O)OC[C@H]1O[C@@H](n2ccc(=O)[nH]c2=O)[C@@H]2OC(C)(C)O[C@@H]21)C(O)c1ccccc1. The van der Waals surface area contributed by atoms with Gasteiger partial charge in [-0.15, -0.1) is 0 Å². The number of hydrogen-bond donors (Lipinski definition) is 4. The number of aromatic amines is 1. The molecule has 0 aliphatic carbocycles. The second kappa shape index (κ2) is 17.4. The Morgan fingerprint density at radius 1 is 1.02 bits per heavy atom. The molecule has 6 atom stereocenters. The Morgan fingerprint density at radius 3 is 2.39 bits per heavy atom. The predicted octanol–water partition coefficient (Wildman–Crippen LogP) is 2.30. The lowest BCUT2D eigenvalue weighted by Crippen LogP contribution is -2.44. The molecular weight excluding hydrogens is 664 g/mol. The first-order valence-corrected chi connectivity index (χ1v) is 17.9.